The smallest absolute Gasteiger partial charge is 0.191 e. The normalized spacial score (nSPS) is 19.0. The summed E-state index contributed by atoms with van der Waals surface area (Å²) >= 11 is 5.41. The lowest BCUT2D eigenvalue weighted by molar-refractivity contribution is 0.0320. The van der Waals surface area contributed by atoms with Crippen LogP contribution in [0.4, 0.5) is 5.69 Å². The molecule has 1 aliphatic carbocycles. The third kappa shape index (κ3) is 4.12. The van der Waals surface area contributed by atoms with E-state index in [4.69, 9.17) is 17.0 Å². The molecule has 2 aromatic rings. The first-order valence-electron chi connectivity index (χ1n) is 9.76. The molecule has 0 amide bonds. The number of thiocarbonyl (C=S) groups is 1. The van der Waals surface area contributed by atoms with E-state index in [-0.39, 0.29) is 11.4 Å². The molecular weight excluding hydrogens is 370 g/mol. The van der Waals surface area contributed by atoms with Crippen molar-refractivity contribution in [2.45, 2.75) is 51.0 Å². The Morgan fingerprint density at radius 2 is 1.96 bits per heavy atom. The van der Waals surface area contributed by atoms with Crippen LogP contribution in [0.3, 0.4) is 0 Å². The number of anilines is 1. The highest BCUT2D eigenvalue weighted by Crippen LogP contribution is 2.42. The number of hydrazone groups is 1. The Morgan fingerprint density at radius 1 is 1.14 bits per heavy atom. The number of aryl methyl sites for hydroxylation is 1. The van der Waals surface area contributed by atoms with Crippen molar-refractivity contribution in [2.75, 3.05) is 5.32 Å². The molecule has 28 heavy (non-hydrogen) atoms. The van der Waals surface area contributed by atoms with E-state index in [9.17, 15) is 5.11 Å². The summed E-state index contributed by atoms with van der Waals surface area (Å²) in [5, 5.41) is 18.1. The van der Waals surface area contributed by atoms with Crippen molar-refractivity contribution in [3.63, 3.8) is 0 Å². The zero-order chi connectivity index (χ0) is 19.6. The number of phenols is 1. The Morgan fingerprint density at radius 3 is 2.75 bits per heavy atom. The Labute approximate surface area is 170 Å². The summed E-state index contributed by atoms with van der Waals surface area (Å²) in [6.45, 7) is 2.04. The Bertz CT molecular complexity index is 920. The molecule has 6 heteroatoms. The molecule has 0 atom stereocenters. The van der Waals surface area contributed by atoms with E-state index in [1.165, 1.54) is 19.3 Å². The zero-order valence-electron chi connectivity index (χ0n) is 16.0. The molecule has 0 unspecified atom stereocenters. The van der Waals surface area contributed by atoms with E-state index in [0.717, 1.165) is 41.1 Å². The summed E-state index contributed by atoms with van der Waals surface area (Å²) in [6, 6.07) is 13.2. The fourth-order valence-corrected chi connectivity index (χ4v) is 4.24. The topological polar surface area (TPSA) is 65.9 Å². The standard InChI is InChI=1S/C22H25N3O2S/c1-15-6-5-7-16(12-15)23-21(28)25-24-19-14-22(10-3-2-4-11-22)27-20-9-8-17(26)13-18(19)20/h5-9,12-13,26H,2-4,10-11,14H2,1H3,(H2,23,25,28)/b24-19+. The number of benzene rings is 2. The van der Waals surface area contributed by atoms with Crippen molar-refractivity contribution >= 4 is 28.7 Å². The Balaban J connectivity index is 1.56. The molecular formula is C22H25N3O2S. The summed E-state index contributed by atoms with van der Waals surface area (Å²) < 4.78 is 6.39. The van der Waals surface area contributed by atoms with Crippen molar-refractivity contribution in [3.05, 3.63) is 53.6 Å². The first-order valence-corrected chi connectivity index (χ1v) is 10.2. The molecule has 2 aromatic carbocycles. The van der Waals surface area contributed by atoms with E-state index in [1.807, 2.05) is 37.3 Å². The van der Waals surface area contributed by atoms with Crippen LogP contribution in [0.1, 0.15) is 49.7 Å². The molecule has 4 rings (SSSR count). The van der Waals surface area contributed by atoms with Crippen molar-refractivity contribution in [3.8, 4) is 11.5 Å². The quantitative estimate of drug-likeness (QED) is 0.500. The zero-order valence-corrected chi connectivity index (χ0v) is 16.8. The lowest BCUT2D eigenvalue weighted by Gasteiger charge is -2.41. The summed E-state index contributed by atoms with van der Waals surface area (Å²) in [4.78, 5) is 0. The van der Waals surface area contributed by atoms with Gasteiger partial charge in [-0.05, 0) is 80.7 Å². The van der Waals surface area contributed by atoms with Gasteiger partial charge in [-0.15, -0.1) is 0 Å². The Kier molecular flexibility index (Phi) is 5.22. The number of hydrogen-bond donors (Lipinski definition) is 3. The van der Waals surface area contributed by atoms with E-state index >= 15 is 0 Å². The van der Waals surface area contributed by atoms with E-state index < -0.39 is 0 Å². The van der Waals surface area contributed by atoms with Gasteiger partial charge in [0, 0.05) is 17.7 Å². The lowest BCUT2D eigenvalue weighted by atomic mass is 9.78. The van der Waals surface area contributed by atoms with Gasteiger partial charge in [-0.1, -0.05) is 18.6 Å². The molecule has 0 aromatic heterocycles. The number of aromatic hydroxyl groups is 1. The second-order valence-corrected chi connectivity index (χ2v) is 8.11. The first kappa shape index (κ1) is 18.7. The van der Waals surface area contributed by atoms with Crippen LogP contribution in [0, 0.1) is 6.92 Å². The average molecular weight is 396 g/mol. The summed E-state index contributed by atoms with van der Waals surface area (Å²) in [6.07, 6.45) is 6.35. The van der Waals surface area contributed by atoms with E-state index in [1.54, 1.807) is 12.1 Å². The molecule has 1 aliphatic heterocycles. The molecule has 3 N–H and O–H groups in total. The number of ether oxygens (including phenoxy) is 1. The predicted octanol–water partition coefficient (Wildman–Crippen LogP) is 4.88. The van der Waals surface area contributed by atoms with Gasteiger partial charge in [-0.3, -0.25) is 5.43 Å². The fraction of sp³-hybridized carbons (Fsp3) is 0.364. The maximum absolute atomic E-state index is 9.94. The van der Waals surface area contributed by atoms with Crippen LogP contribution in [-0.4, -0.2) is 21.5 Å². The maximum Gasteiger partial charge on any atom is 0.191 e. The summed E-state index contributed by atoms with van der Waals surface area (Å²) in [5.41, 5.74) is 6.55. The maximum atomic E-state index is 9.94. The number of rotatable bonds is 2. The molecule has 1 spiro atoms. The summed E-state index contributed by atoms with van der Waals surface area (Å²) in [5.74, 6) is 0.985. The molecule has 1 heterocycles. The van der Waals surface area contributed by atoms with Gasteiger partial charge in [0.05, 0.1) is 5.71 Å². The monoisotopic (exact) mass is 395 g/mol. The molecule has 0 bridgehead atoms. The van der Waals surface area contributed by atoms with Gasteiger partial charge >= 0.3 is 0 Å². The van der Waals surface area contributed by atoms with Gasteiger partial charge in [0.1, 0.15) is 17.1 Å². The van der Waals surface area contributed by atoms with Gasteiger partial charge < -0.3 is 15.2 Å². The van der Waals surface area contributed by atoms with Crippen molar-refractivity contribution in [2.24, 2.45) is 5.10 Å². The van der Waals surface area contributed by atoms with E-state index in [2.05, 4.69) is 15.8 Å². The van der Waals surface area contributed by atoms with Crippen LogP contribution in [-0.2, 0) is 0 Å². The van der Waals surface area contributed by atoms with Crippen molar-refractivity contribution < 1.29 is 9.84 Å². The minimum atomic E-state index is -0.200. The highest BCUT2D eigenvalue weighted by atomic mass is 32.1. The average Bonchev–Trinajstić information content (AvgIpc) is 2.67. The molecule has 0 saturated heterocycles. The second kappa shape index (κ2) is 7.80. The molecule has 146 valence electrons. The van der Waals surface area contributed by atoms with Crippen LogP contribution in [0.5, 0.6) is 11.5 Å². The second-order valence-electron chi connectivity index (χ2n) is 7.70. The van der Waals surface area contributed by atoms with Crippen molar-refractivity contribution in [1.29, 1.82) is 0 Å². The summed E-state index contributed by atoms with van der Waals surface area (Å²) in [7, 11) is 0. The predicted molar refractivity (Wildman–Crippen MR) is 116 cm³/mol. The molecule has 5 nitrogen and oxygen atoms in total. The fourth-order valence-electron chi connectivity index (χ4n) is 4.08. The van der Waals surface area contributed by atoms with Crippen LogP contribution in [0.25, 0.3) is 0 Å². The number of nitrogens with zero attached hydrogens (tertiary/aromatic N) is 1. The largest absolute Gasteiger partial charge is 0.508 e. The third-order valence-corrected chi connectivity index (χ3v) is 5.62. The van der Waals surface area contributed by atoms with Gasteiger partial charge in [0.2, 0.25) is 0 Å². The van der Waals surface area contributed by atoms with Crippen LogP contribution in [0.15, 0.2) is 47.6 Å². The number of hydrogen-bond acceptors (Lipinski definition) is 4. The van der Waals surface area contributed by atoms with Gasteiger partial charge in [0.15, 0.2) is 5.11 Å². The van der Waals surface area contributed by atoms with Crippen molar-refractivity contribution in [1.82, 2.24) is 5.43 Å². The lowest BCUT2D eigenvalue weighted by Crippen LogP contribution is -2.44. The minimum absolute atomic E-state index is 0.200. The highest BCUT2D eigenvalue weighted by molar-refractivity contribution is 7.80. The van der Waals surface area contributed by atoms with Gasteiger partial charge in [-0.25, -0.2) is 0 Å². The molecule has 0 radical (unpaired) electrons. The number of phenolic OH excluding ortho intramolecular Hbond substituents is 1. The van der Waals surface area contributed by atoms with E-state index in [0.29, 0.717) is 11.5 Å². The van der Waals surface area contributed by atoms with Crippen LogP contribution in [0.2, 0.25) is 0 Å². The Hall–Kier alpha value is -2.60. The molecule has 2 aliphatic rings. The third-order valence-electron chi connectivity index (χ3n) is 5.42. The highest BCUT2D eigenvalue weighted by Gasteiger charge is 2.40. The van der Waals surface area contributed by atoms with Gasteiger partial charge in [-0.2, -0.15) is 5.10 Å². The first-order chi connectivity index (χ1) is 13.5. The minimum Gasteiger partial charge on any atom is -0.508 e. The van der Waals surface area contributed by atoms with Crippen LogP contribution >= 0.6 is 12.2 Å². The van der Waals surface area contributed by atoms with Gasteiger partial charge in [0.25, 0.3) is 0 Å². The number of fused-ring (bicyclic) bond motifs is 1. The SMILES string of the molecule is Cc1cccc(NC(=S)N/N=C2\CC3(CCCCC3)Oc3ccc(O)cc32)c1. The molecule has 1 fully saturated rings. The van der Waals surface area contributed by atoms with Crippen LogP contribution < -0.4 is 15.5 Å². The molecule has 1 saturated carbocycles. The number of nitrogens with one attached hydrogen (secondary N) is 2.